The first-order valence-electron chi connectivity index (χ1n) is 15.7. The number of hydrogen-bond donors (Lipinski definition) is 3. The number of para-hydroxylation sites is 1. The molecule has 1 heterocycles. The van der Waals surface area contributed by atoms with Crippen LogP contribution in [0.1, 0.15) is 71.4 Å². The van der Waals surface area contributed by atoms with Crippen LogP contribution < -0.4 is 20.7 Å². The van der Waals surface area contributed by atoms with Gasteiger partial charge in [-0.15, -0.1) is 0 Å². The Kier molecular flexibility index (Phi) is 10.7. The van der Waals surface area contributed by atoms with E-state index in [0.29, 0.717) is 29.6 Å². The first kappa shape index (κ1) is 33.8. The number of methoxy groups -OCH3 is 1. The topological polar surface area (TPSA) is 129 Å². The van der Waals surface area contributed by atoms with Crippen molar-refractivity contribution in [3.05, 3.63) is 53.6 Å². The molecule has 0 radical (unpaired) electrons. The number of rotatable bonds is 14. The van der Waals surface area contributed by atoms with Crippen LogP contribution in [-0.4, -0.2) is 71.1 Å². The van der Waals surface area contributed by atoms with Gasteiger partial charge < -0.3 is 30.3 Å². The highest BCUT2D eigenvalue weighted by atomic mass is 16.5. The van der Waals surface area contributed by atoms with Gasteiger partial charge in [-0.25, -0.2) is 9.59 Å². The highest BCUT2D eigenvalue weighted by Crippen LogP contribution is 2.38. The highest BCUT2D eigenvalue weighted by molar-refractivity contribution is 6.07. The van der Waals surface area contributed by atoms with Crippen molar-refractivity contribution in [2.45, 2.75) is 97.5 Å². The summed E-state index contributed by atoms with van der Waals surface area (Å²) in [6.07, 6.45) is 2.90. The van der Waals surface area contributed by atoms with Crippen molar-refractivity contribution in [1.82, 2.24) is 15.1 Å². The molecular formula is C34H47N5O6. The van der Waals surface area contributed by atoms with Crippen molar-refractivity contribution in [2.75, 3.05) is 24.3 Å². The molecule has 0 bridgehead atoms. The molecular weight excluding hydrogens is 574 g/mol. The molecule has 1 aliphatic heterocycles. The molecule has 2 aromatic carbocycles. The summed E-state index contributed by atoms with van der Waals surface area (Å²) in [5.74, 6) is 0.377. The monoisotopic (exact) mass is 621 g/mol. The third-order valence-corrected chi connectivity index (χ3v) is 8.31. The summed E-state index contributed by atoms with van der Waals surface area (Å²) >= 11 is 0. The zero-order valence-corrected chi connectivity index (χ0v) is 27.4. The summed E-state index contributed by atoms with van der Waals surface area (Å²) in [4.78, 5) is 55.5. The lowest BCUT2D eigenvalue weighted by molar-refractivity contribution is -0.148. The van der Waals surface area contributed by atoms with Crippen LogP contribution in [0.4, 0.5) is 21.0 Å². The van der Waals surface area contributed by atoms with Gasteiger partial charge in [-0.2, -0.15) is 0 Å². The summed E-state index contributed by atoms with van der Waals surface area (Å²) in [6, 6.07) is 11.5. The van der Waals surface area contributed by atoms with Crippen LogP contribution in [0.2, 0.25) is 0 Å². The Morgan fingerprint density at radius 2 is 1.71 bits per heavy atom. The molecule has 3 N–H and O–H groups in total. The van der Waals surface area contributed by atoms with Gasteiger partial charge in [-0.3, -0.25) is 14.5 Å². The zero-order chi connectivity index (χ0) is 32.9. The molecule has 1 saturated carbocycles. The Hall–Kier alpha value is -4.12. The molecule has 0 aromatic heterocycles. The van der Waals surface area contributed by atoms with Crippen molar-refractivity contribution in [1.29, 1.82) is 0 Å². The van der Waals surface area contributed by atoms with Crippen LogP contribution in [-0.2, 0) is 20.9 Å². The van der Waals surface area contributed by atoms with Gasteiger partial charge in [-0.1, -0.05) is 37.1 Å². The zero-order valence-electron chi connectivity index (χ0n) is 27.4. The molecule has 2 aromatic rings. The molecule has 4 rings (SSSR count). The van der Waals surface area contributed by atoms with Crippen LogP contribution in [0.25, 0.3) is 0 Å². The van der Waals surface area contributed by atoms with E-state index in [2.05, 4.69) is 16.0 Å². The minimum absolute atomic E-state index is 0.173. The predicted octanol–water partition coefficient (Wildman–Crippen LogP) is 5.68. The first-order valence-corrected chi connectivity index (χ1v) is 15.7. The van der Waals surface area contributed by atoms with Crippen LogP contribution >= 0.6 is 0 Å². The second kappa shape index (κ2) is 14.3. The van der Waals surface area contributed by atoms with E-state index < -0.39 is 11.6 Å². The van der Waals surface area contributed by atoms with Gasteiger partial charge in [0.25, 0.3) is 5.91 Å². The smallest absolute Gasteiger partial charge is 0.328 e. The number of carbonyl (C=O) groups excluding carboxylic acids is 4. The quantitative estimate of drug-likeness (QED) is 0.183. The molecule has 0 spiro atoms. The highest BCUT2D eigenvalue weighted by Gasteiger charge is 2.53. The van der Waals surface area contributed by atoms with Gasteiger partial charge in [0, 0.05) is 24.8 Å². The first-order chi connectivity index (χ1) is 21.3. The minimum Gasteiger partial charge on any atom is -0.495 e. The molecule has 1 aliphatic carbocycles. The van der Waals surface area contributed by atoms with Crippen LogP contribution in [0, 0.1) is 12.8 Å². The molecule has 5 amide bonds. The number of amides is 5. The Balaban J connectivity index is 1.45. The number of esters is 1. The Bertz CT molecular complexity index is 1410. The molecule has 1 saturated heterocycles. The summed E-state index contributed by atoms with van der Waals surface area (Å²) in [7, 11) is 1.51. The molecule has 11 nitrogen and oxygen atoms in total. The number of ether oxygens (including phenoxy) is 2. The second-order valence-corrected chi connectivity index (χ2v) is 12.9. The van der Waals surface area contributed by atoms with E-state index >= 15 is 0 Å². The molecule has 2 fully saturated rings. The van der Waals surface area contributed by atoms with Crippen molar-refractivity contribution in [3.63, 3.8) is 0 Å². The van der Waals surface area contributed by atoms with E-state index in [4.69, 9.17) is 9.47 Å². The van der Waals surface area contributed by atoms with Gasteiger partial charge >= 0.3 is 18.0 Å². The van der Waals surface area contributed by atoms with E-state index in [0.717, 1.165) is 30.4 Å². The molecule has 2 atom stereocenters. The fourth-order valence-electron chi connectivity index (χ4n) is 5.55. The normalized spacial score (nSPS) is 17.3. The lowest BCUT2D eigenvalue weighted by Crippen LogP contribution is -2.49. The summed E-state index contributed by atoms with van der Waals surface area (Å²) in [5, 5.41) is 9.03. The van der Waals surface area contributed by atoms with Crippen molar-refractivity contribution < 1.29 is 28.7 Å². The lowest BCUT2D eigenvalue weighted by Gasteiger charge is -2.28. The summed E-state index contributed by atoms with van der Waals surface area (Å²) in [5.41, 5.74) is 1.80. The fraction of sp³-hybridized carbons (Fsp3) is 0.529. The number of carbonyl (C=O) groups is 4. The number of nitrogens with one attached hydrogen (secondary N) is 3. The van der Waals surface area contributed by atoms with Gasteiger partial charge in [0.05, 0.1) is 31.4 Å². The molecule has 2 aliphatic rings. The number of imide groups is 1. The van der Waals surface area contributed by atoms with Gasteiger partial charge in [0.15, 0.2) is 0 Å². The Labute approximate surface area is 266 Å². The van der Waals surface area contributed by atoms with Gasteiger partial charge in [-0.05, 0) is 83.2 Å². The van der Waals surface area contributed by atoms with Gasteiger partial charge in [0.2, 0.25) is 0 Å². The maximum absolute atomic E-state index is 13.9. The number of aryl methyl sites for hydroxylation is 1. The van der Waals surface area contributed by atoms with Crippen molar-refractivity contribution in [2.24, 2.45) is 5.92 Å². The standard InChI is InChI=1S/C34H47N5O6/c1-21(2)45-30(40)16-23(4)35-19-26(17-24-12-13-24)39-31(41)34(5,6)38(33(39)43)20-25-14-15-28(29(18-25)44-7)37-32(42)36-27-11-9-8-10-22(27)3/h8-11,14-15,18,21,23-24,26,35H,12-13,16-17,19-20H2,1-7H3,(H2,36,37,42)/t23-,26+/m1/s1. The lowest BCUT2D eigenvalue weighted by atomic mass is 10.0. The molecule has 244 valence electrons. The van der Waals surface area contributed by atoms with E-state index in [1.807, 2.05) is 58.0 Å². The number of urea groups is 2. The molecule has 45 heavy (non-hydrogen) atoms. The largest absolute Gasteiger partial charge is 0.495 e. The van der Waals surface area contributed by atoms with E-state index in [1.54, 1.807) is 30.9 Å². The van der Waals surface area contributed by atoms with Gasteiger partial charge in [0.1, 0.15) is 11.3 Å². The Morgan fingerprint density at radius 3 is 2.36 bits per heavy atom. The third-order valence-electron chi connectivity index (χ3n) is 8.31. The molecule has 11 heteroatoms. The maximum Gasteiger partial charge on any atom is 0.328 e. The van der Waals surface area contributed by atoms with Crippen molar-refractivity contribution >= 4 is 35.3 Å². The predicted molar refractivity (Wildman–Crippen MR) is 173 cm³/mol. The van der Waals surface area contributed by atoms with E-state index in [-0.39, 0.29) is 49.1 Å². The SMILES string of the molecule is COc1cc(CN2C(=O)N([C@H](CN[C@H](C)CC(=O)OC(C)C)CC3CC3)C(=O)C2(C)C)ccc1NC(=O)Nc1ccccc1C. The summed E-state index contributed by atoms with van der Waals surface area (Å²) < 4.78 is 10.8. The average molecular weight is 622 g/mol. The minimum atomic E-state index is -1.07. The number of anilines is 2. The van der Waals surface area contributed by atoms with E-state index in [9.17, 15) is 19.2 Å². The molecule has 0 unspecified atom stereocenters. The van der Waals surface area contributed by atoms with E-state index in [1.165, 1.54) is 12.0 Å². The second-order valence-electron chi connectivity index (χ2n) is 12.9. The Morgan fingerprint density at radius 1 is 1.02 bits per heavy atom. The number of benzene rings is 2. The average Bonchev–Trinajstić information content (AvgIpc) is 3.77. The van der Waals surface area contributed by atoms with Crippen LogP contribution in [0.15, 0.2) is 42.5 Å². The summed E-state index contributed by atoms with van der Waals surface area (Å²) in [6.45, 7) is 11.5. The number of hydrogen-bond acceptors (Lipinski definition) is 7. The number of nitrogens with zero attached hydrogens (tertiary/aromatic N) is 2. The maximum atomic E-state index is 13.9. The fourth-order valence-corrected chi connectivity index (χ4v) is 5.55. The van der Waals surface area contributed by atoms with Crippen LogP contribution in [0.3, 0.4) is 0 Å². The van der Waals surface area contributed by atoms with Crippen LogP contribution in [0.5, 0.6) is 5.75 Å². The van der Waals surface area contributed by atoms with Crippen molar-refractivity contribution in [3.8, 4) is 5.75 Å². The third kappa shape index (κ3) is 8.54.